The molecule has 0 bridgehead atoms. The molecule has 1 amide bonds. The third-order valence-corrected chi connectivity index (χ3v) is 2.05. The Balaban J connectivity index is 4.31. The Labute approximate surface area is 87.9 Å². The molecule has 5 nitrogen and oxygen atoms in total. The Morgan fingerprint density at radius 3 is 2.21 bits per heavy atom. The zero-order valence-corrected chi connectivity index (χ0v) is 8.99. The van der Waals surface area contributed by atoms with Crippen LogP contribution in [0.4, 0.5) is 0 Å². The van der Waals surface area contributed by atoms with E-state index in [0.29, 0.717) is 0 Å². The molecular weight excluding hydrogens is 206 g/mol. The lowest BCUT2D eigenvalue weighted by Crippen LogP contribution is -2.48. The van der Waals surface area contributed by atoms with E-state index in [1.54, 1.807) is 13.8 Å². The molecule has 0 aromatic carbocycles. The molecule has 2 atom stereocenters. The predicted molar refractivity (Wildman–Crippen MR) is 54.3 cm³/mol. The molecular formula is C8H15NO4S. The molecule has 0 aliphatic rings. The van der Waals surface area contributed by atoms with Crippen LogP contribution in [0.3, 0.4) is 0 Å². The highest BCUT2D eigenvalue weighted by Gasteiger charge is 2.25. The summed E-state index contributed by atoms with van der Waals surface area (Å²) in [7, 11) is 0. The van der Waals surface area contributed by atoms with Crippen LogP contribution in [0, 0.1) is 5.92 Å². The molecule has 82 valence electrons. The SMILES string of the molecule is CC(C)[C@@H](NC(=O)[C@@H](O)CS)C(=O)O. The van der Waals surface area contributed by atoms with Gasteiger partial charge < -0.3 is 15.5 Å². The van der Waals surface area contributed by atoms with E-state index in [1.165, 1.54) is 0 Å². The number of amides is 1. The Morgan fingerprint density at radius 1 is 1.43 bits per heavy atom. The summed E-state index contributed by atoms with van der Waals surface area (Å²) in [6.07, 6.45) is -1.26. The van der Waals surface area contributed by atoms with Gasteiger partial charge in [-0.2, -0.15) is 12.6 Å². The lowest BCUT2D eigenvalue weighted by Gasteiger charge is -2.19. The Kier molecular flexibility index (Phi) is 5.56. The van der Waals surface area contributed by atoms with Crippen molar-refractivity contribution < 1.29 is 19.8 Å². The van der Waals surface area contributed by atoms with Gasteiger partial charge in [0.05, 0.1) is 0 Å². The van der Waals surface area contributed by atoms with Gasteiger partial charge >= 0.3 is 5.97 Å². The van der Waals surface area contributed by atoms with Crippen molar-refractivity contribution in [3.05, 3.63) is 0 Å². The van der Waals surface area contributed by atoms with Gasteiger partial charge in [0.25, 0.3) is 0 Å². The predicted octanol–water partition coefficient (Wildman–Crippen LogP) is -0.498. The highest BCUT2D eigenvalue weighted by atomic mass is 32.1. The van der Waals surface area contributed by atoms with Crippen LogP contribution in [0.1, 0.15) is 13.8 Å². The van der Waals surface area contributed by atoms with Gasteiger partial charge in [0.2, 0.25) is 5.91 Å². The molecule has 0 spiro atoms. The van der Waals surface area contributed by atoms with E-state index in [9.17, 15) is 9.59 Å². The molecule has 0 aromatic heterocycles. The number of carbonyl (C=O) groups excluding carboxylic acids is 1. The maximum Gasteiger partial charge on any atom is 0.326 e. The first kappa shape index (κ1) is 13.2. The lowest BCUT2D eigenvalue weighted by molar-refractivity contribution is -0.144. The van der Waals surface area contributed by atoms with Crippen molar-refractivity contribution in [2.24, 2.45) is 5.92 Å². The van der Waals surface area contributed by atoms with E-state index in [1.807, 2.05) is 0 Å². The standard InChI is InChI=1S/C8H15NO4S/c1-4(2)6(8(12)13)9-7(11)5(10)3-14/h4-6,10,14H,3H2,1-2H3,(H,9,11)(H,12,13)/t5-,6+/m0/s1. The monoisotopic (exact) mass is 221 g/mol. The van der Waals surface area contributed by atoms with Crippen molar-refractivity contribution >= 4 is 24.5 Å². The quantitative estimate of drug-likeness (QED) is 0.471. The van der Waals surface area contributed by atoms with Crippen LogP contribution < -0.4 is 5.32 Å². The van der Waals surface area contributed by atoms with Gasteiger partial charge in [-0.15, -0.1) is 0 Å². The number of rotatable bonds is 5. The van der Waals surface area contributed by atoms with Crippen LogP contribution in [-0.2, 0) is 9.59 Å². The highest BCUT2D eigenvalue weighted by molar-refractivity contribution is 7.80. The lowest BCUT2D eigenvalue weighted by atomic mass is 10.0. The maximum atomic E-state index is 11.1. The summed E-state index contributed by atoms with van der Waals surface area (Å²) in [4.78, 5) is 21.8. The van der Waals surface area contributed by atoms with Crippen LogP contribution in [0.5, 0.6) is 0 Å². The van der Waals surface area contributed by atoms with Crippen molar-refractivity contribution in [1.82, 2.24) is 5.32 Å². The second-order valence-electron chi connectivity index (χ2n) is 3.27. The van der Waals surface area contributed by atoms with Gasteiger partial charge in [-0.3, -0.25) is 4.79 Å². The smallest absolute Gasteiger partial charge is 0.326 e. The van der Waals surface area contributed by atoms with Gasteiger partial charge in [-0.25, -0.2) is 4.79 Å². The van der Waals surface area contributed by atoms with Crippen molar-refractivity contribution in [2.75, 3.05) is 5.75 Å². The Bertz CT molecular complexity index is 219. The van der Waals surface area contributed by atoms with Crippen LogP contribution in [-0.4, -0.2) is 40.0 Å². The third-order valence-electron chi connectivity index (χ3n) is 1.71. The number of nitrogens with one attached hydrogen (secondary N) is 1. The average Bonchev–Trinajstić information content (AvgIpc) is 2.11. The molecule has 0 heterocycles. The van der Waals surface area contributed by atoms with Gasteiger partial charge in [-0.1, -0.05) is 13.8 Å². The van der Waals surface area contributed by atoms with Gasteiger partial charge in [-0.05, 0) is 5.92 Å². The zero-order valence-electron chi connectivity index (χ0n) is 8.10. The highest BCUT2D eigenvalue weighted by Crippen LogP contribution is 2.02. The second kappa shape index (κ2) is 5.87. The maximum absolute atomic E-state index is 11.1. The number of carboxylic acids is 1. The van der Waals surface area contributed by atoms with E-state index in [4.69, 9.17) is 10.2 Å². The molecule has 0 radical (unpaired) electrons. The first-order valence-electron chi connectivity index (χ1n) is 4.22. The van der Waals surface area contributed by atoms with Gasteiger partial charge in [0.15, 0.2) is 0 Å². The van der Waals surface area contributed by atoms with E-state index in [-0.39, 0.29) is 11.7 Å². The number of hydrogen-bond donors (Lipinski definition) is 4. The molecule has 0 aliphatic carbocycles. The minimum Gasteiger partial charge on any atom is -0.480 e. The van der Waals surface area contributed by atoms with Gasteiger partial charge in [0, 0.05) is 5.75 Å². The summed E-state index contributed by atoms with van der Waals surface area (Å²) in [6.45, 7) is 3.35. The number of aliphatic hydroxyl groups is 1. The van der Waals surface area contributed by atoms with E-state index in [0.717, 1.165) is 0 Å². The molecule has 0 aliphatic heterocycles. The van der Waals surface area contributed by atoms with Crippen molar-refractivity contribution in [3.63, 3.8) is 0 Å². The topological polar surface area (TPSA) is 86.6 Å². The largest absolute Gasteiger partial charge is 0.480 e. The normalized spacial score (nSPS) is 14.9. The van der Waals surface area contributed by atoms with Crippen molar-refractivity contribution in [3.8, 4) is 0 Å². The van der Waals surface area contributed by atoms with Crippen molar-refractivity contribution in [2.45, 2.75) is 26.0 Å². The summed E-state index contributed by atoms with van der Waals surface area (Å²) in [5.74, 6) is -2.08. The molecule has 6 heteroatoms. The summed E-state index contributed by atoms with van der Waals surface area (Å²) in [5.41, 5.74) is 0. The summed E-state index contributed by atoms with van der Waals surface area (Å²) < 4.78 is 0. The first-order chi connectivity index (χ1) is 6.40. The molecule has 0 aromatic rings. The van der Waals surface area contributed by atoms with Crippen molar-refractivity contribution in [1.29, 1.82) is 0 Å². The van der Waals surface area contributed by atoms with E-state index >= 15 is 0 Å². The second-order valence-corrected chi connectivity index (χ2v) is 3.63. The fourth-order valence-corrected chi connectivity index (χ4v) is 1.01. The minimum atomic E-state index is -1.26. The number of carbonyl (C=O) groups is 2. The summed E-state index contributed by atoms with van der Waals surface area (Å²) in [5, 5.41) is 20.0. The zero-order chi connectivity index (χ0) is 11.3. The molecule has 14 heavy (non-hydrogen) atoms. The number of hydrogen-bond acceptors (Lipinski definition) is 4. The van der Waals surface area contributed by atoms with Crippen LogP contribution in [0.15, 0.2) is 0 Å². The van der Waals surface area contributed by atoms with Crippen LogP contribution in [0.2, 0.25) is 0 Å². The third kappa shape index (κ3) is 3.97. The minimum absolute atomic E-state index is 0.0315. The molecule has 3 N–H and O–H groups in total. The molecule has 0 rings (SSSR count). The fourth-order valence-electron chi connectivity index (χ4n) is 0.846. The fraction of sp³-hybridized carbons (Fsp3) is 0.750. The van der Waals surface area contributed by atoms with Crippen LogP contribution >= 0.6 is 12.6 Å². The molecule has 0 unspecified atom stereocenters. The summed E-state index contributed by atoms with van der Waals surface area (Å²) in [6, 6.07) is -0.975. The van der Waals surface area contributed by atoms with E-state index < -0.39 is 24.0 Å². The number of thiol groups is 1. The summed E-state index contributed by atoms with van der Waals surface area (Å²) >= 11 is 3.72. The van der Waals surface area contributed by atoms with E-state index in [2.05, 4.69) is 17.9 Å². The molecule has 0 saturated heterocycles. The van der Waals surface area contributed by atoms with Crippen LogP contribution in [0.25, 0.3) is 0 Å². The number of aliphatic carboxylic acids is 1. The molecule has 0 saturated carbocycles. The Hall–Kier alpha value is -0.750. The average molecular weight is 221 g/mol. The first-order valence-corrected chi connectivity index (χ1v) is 4.85. The number of carboxylic acid groups (broad SMARTS) is 1. The molecule has 0 fully saturated rings. The number of aliphatic hydroxyl groups excluding tert-OH is 1. The Morgan fingerprint density at radius 2 is 1.93 bits per heavy atom. The van der Waals surface area contributed by atoms with Gasteiger partial charge in [0.1, 0.15) is 12.1 Å².